The van der Waals surface area contributed by atoms with Crippen molar-refractivity contribution in [2.75, 3.05) is 0 Å². The molecule has 1 fully saturated rings. The van der Waals surface area contributed by atoms with E-state index in [9.17, 15) is 0 Å². The van der Waals surface area contributed by atoms with Gasteiger partial charge in [0.2, 0.25) is 0 Å². The third kappa shape index (κ3) is 3.67. The van der Waals surface area contributed by atoms with Crippen molar-refractivity contribution in [1.29, 1.82) is 0 Å². The van der Waals surface area contributed by atoms with E-state index in [-0.39, 0.29) is 6.10 Å². The molecule has 0 amide bonds. The lowest BCUT2D eigenvalue weighted by atomic mass is 9.81. The van der Waals surface area contributed by atoms with Crippen molar-refractivity contribution < 1.29 is 4.74 Å². The molecule has 0 radical (unpaired) electrons. The van der Waals surface area contributed by atoms with Crippen LogP contribution >= 0.6 is 0 Å². The zero-order chi connectivity index (χ0) is 14.3. The Kier molecular flexibility index (Phi) is 4.59. The maximum atomic E-state index is 5.89. The van der Waals surface area contributed by atoms with Gasteiger partial charge in [-0.25, -0.2) is 0 Å². The number of rotatable bonds is 2. The van der Waals surface area contributed by atoms with Crippen molar-refractivity contribution in [1.82, 2.24) is 0 Å². The highest BCUT2D eigenvalue weighted by atomic mass is 16.5. The third-order valence-corrected chi connectivity index (χ3v) is 4.11. The van der Waals surface area contributed by atoms with Crippen molar-refractivity contribution in [3.8, 4) is 12.0 Å². The van der Waals surface area contributed by atoms with Gasteiger partial charge in [0.25, 0.3) is 0 Å². The summed E-state index contributed by atoms with van der Waals surface area (Å²) in [6.07, 6.45) is 7.96. The van der Waals surface area contributed by atoms with Crippen LogP contribution in [-0.4, -0.2) is 6.10 Å². The first-order valence-corrected chi connectivity index (χ1v) is 7.70. The van der Waals surface area contributed by atoms with E-state index >= 15 is 0 Å². The number of ether oxygens (including phenoxy) is 1. The Morgan fingerprint density at radius 3 is 2.24 bits per heavy atom. The molecule has 106 valence electrons. The zero-order valence-corrected chi connectivity index (χ0v) is 12.2. The summed E-state index contributed by atoms with van der Waals surface area (Å²) in [5, 5.41) is 0. The van der Waals surface area contributed by atoms with E-state index in [1.807, 2.05) is 30.3 Å². The smallest absolute Gasteiger partial charge is 0.117 e. The molecule has 1 saturated carbocycles. The van der Waals surface area contributed by atoms with Gasteiger partial charge in [0.05, 0.1) is 0 Å². The molecular formula is C20H20O. The Balaban J connectivity index is 1.69. The third-order valence-electron chi connectivity index (χ3n) is 4.11. The molecule has 0 N–H and O–H groups in total. The molecular weight excluding hydrogens is 256 g/mol. The first-order valence-electron chi connectivity index (χ1n) is 7.70. The fourth-order valence-electron chi connectivity index (χ4n) is 3.01. The fraction of sp³-hybridized carbons (Fsp3) is 0.300. The Morgan fingerprint density at radius 1 is 0.810 bits per heavy atom. The normalized spacial score (nSPS) is 21.1. The van der Waals surface area contributed by atoms with Crippen LogP contribution in [0.15, 0.2) is 60.7 Å². The summed E-state index contributed by atoms with van der Waals surface area (Å²) in [4.78, 5) is 0. The maximum absolute atomic E-state index is 5.89. The lowest BCUT2D eigenvalue weighted by Gasteiger charge is -2.30. The molecule has 0 saturated heterocycles. The molecule has 21 heavy (non-hydrogen) atoms. The minimum absolute atomic E-state index is 0.220. The Labute approximate surface area is 127 Å². The van der Waals surface area contributed by atoms with Crippen molar-refractivity contribution in [2.45, 2.75) is 37.7 Å². The molecule has 0 unspecified atom stereocenters. The highest BCUT2D eigenvalue weighted by Gasteiger charge is 2.27. The zero-order valence-electron chi connectivity index (χ0n) is 12.2. The first kappa shape index (κ1) is 13.8. The predicted octanol–water partition coefficient (Wildman–Crippen LogP) is 4.74. The van der Waals surface area contributed by atoms with Crippen molar-refractivity contribution in [3.05, 3.63) is 71.8 Å². The molecule has 2 atom stereocenters. The second kappa shape index (κ2) is 6.99. The van der Waals surface area contributed by atoms with Gasteiger partial charge >= 0.3 is 0 Å². The molecule has 0 spiro atoms. The van der Waals surface area contributed by atoms with E-state index in [1.54, 1.807) is 0 Å². The van der Waals surface area contributed by atoms with E-state index in [2.05, 4.69) is 42.4 Å². The molecule has 0 bridgehead atoms. The average molecular weight is 276 g/mol. The largest absolute Gasteiger partial charge is 0.442 e. The number of hydrogen-bond acceptors (Lipinski definition) is 1. The predicted molar refractivity (Wildman–Crippen MR) is 85.8 cm³/mol. The monoisotopic (exact) mass is 276 g/mol. The second-order valence-electron chi connectivity index (χ2n) is 5.55. The van der Waals surface area contributed by atoms with Gasteiger partial charge in [0, 0.05) is 11.5 Å². The molecule has 1 aliphatic carbocycles. The molecule has 0 aliphatic heterocycles. The van der Waals surface area contributed by atoms with Crippen LogP contribution in [0, 0.1) is 12.0 Å². The fourth-order valence-corrected chi connectivity index (χ4v) is 3.01. The van der Waals surface area contributed by atoms with E-state index in [1.165, 1.54) is 24.8 Å². The van der Waals surface area contributed by atoms with Gasteiger partial charge in [0.15, 0.2) is 0 Å². The van der Waals surface area contributed by atoms with E-state index < -0.39 is 0 Å². The summed E-state index contributed by atoms with van der Waals surface area (Å²) in [5.41, 5.74) is 2.38. The van der Waals surface area contributed by atoms with Crippen LogP contribution < -0.4 is 0 Å². The quantitative estimate of drug-likeness (QED) is 0.720. The van der Waals surface area contributed by atoms with Gasteiger partial charge in [0.1, 0.15) is 12.2 Å². The molecule has 2 aromatic carbocycles. The van der Waals surface area contributed by atoms with E-state index in [0.717, 1.165) is 12.0 Å². The SMILES string of the molecule is C(#Cc1ccccc1)O[C@@H]1CCCC[C@H]1c1ccccc1. The van der Waals surface area contributed by atoms with E-state index in [0.29, 0.717) is 5.92 Å². The maximum Gasteiger partial charge on any atom is 0.117 e. The van der Waals surface area contributed by atoms with Crippen LogP contribution in [0.3, 0.4) is 0 Å². The van der Waals surface area contributed by atoms with Crippen molar-refractivity contribution >= 4 is 0 Å². The molecule has 2 aromatic rings. The van der Waals surface area contributed by atoms with Crippen LogP contribution in [0.25, 0.3) is 0 Å². The minimum Gasteiger partial charge on any atom is -0.442 e. The van der Waals surface area contributed by atoms with Gasteiger partial charge in [-0.3, -0.25) is 0 Å². The summed E-state index contributed by atoms with van der Waals surface area (Å²) in [5.74, 6) is 3.57. The molecule has 3 rings (SSSR count). The van der Waals surface area contributed by atoms with Gasteiger partial charge in [-0.1, -0.05) is 55.0 Å². The van der Waals surface area contributed by atoms with Crippen LogP contribution in [0.1, 0.15) is 42.7 Å². The van der Waals surface area contributed by atoms with E-state index in [4.69, 9.17) is 4.74 Å². The summed E-state index contributed by atoms with van der Waals surface area (Å²) in [6.45, 7) is 0. The van der Waals surface area contributed by atoms with Gasteiger partial charge in [-0.2, -0.15) is 0 Å². The molecule has 1 aliphatic rings. The standard InChI is InChI=1S/C20H20O/c1-3-9-17(10-4-1)15-16-21-20-14-8-7-13-19(20)18-11-5-2-6-12-18/h1-6,9-12,19-20H,7-8,13-14H2/t19-,20+/m0/s1. The topological polar surface area (TPSA) is 9.23 Å². The van der Waals surface area contributed by atoms with Gasteiger partial charge in [-0.05, 0) is 42.9 Å². The number of hydrogen-bond donors (Lipinski definition) is 0. The summed E-state index contributed by atoms with van der Waals surface area (Å²) < 4.78 is 5.89. The van der Waals surface area contributed by atoms with Crippen molar-refractivity contribution in [3.63, 3.8) is 0 Å². The lowest BCUT2D eigenvalue weighted by molar-refractivity contribution is 0.102. The molecule has 1 nitrogen and oxygen atoms in total. The summed E-state index contributed by atoms with van der Waals surface area (Å²) in [7, 11) is 0. The average Bonchev–Trinajstić information content (AvgIpc) is 2.57. The first-order chi connectivity index (χ1) is 10.4. The highest BCUT2D eigenvalue weighted by molar-refractivity contribution is 5.32. The van der Waals surface area contributed by atoms with Crippen LogP contribution in [0.2, 0.25) is 0 Å². The summed E-state index contributed by atoms with van der Waals surface area (Å²) >= 11 is 0. The van der Waals surface area contributed by atoms with Gasteiger partial charge in [-0.15, -0.1) is 0 Å². The van der Waals surface area contributed by atoms with Crippen LogP contribution in [0.5, 0.6) is 0 Å². The van der Waals surface area contributed by atoms with Crippen LogP contribution in [0.4, 0.5) is 0 Å². The summed E-state index contributed by atoms with van der Waals surface area (Å²) in [6, 6.07) is 20.7. The molecule has 1 heteroatoms. The highest BCUT2D eigenvalue weighted by Crippen LogP contribution is 2.34. The van der Waals surface area contributed by atoms with Crippen molar-refractivity contribution in [2.24, 2.45) is 0 Å². The van der Waals surface area contributed by atoms with Gasteiger partial charge < -0.3 is 4.74 Å². The Morgan fingerprint density at radius 2 is 1.48 bits per heavy atom. The second-order valence-corrected chi connectivity index (χ2v) is 5.55. The number of benzene rings is 2. The molecule has 0 aromatic heterocycles. The Hall–Kier alpha value is -2.20. The lowest BCUT2D eigenvalue weighted by Crippen LogP contribution is -2.24. The minimum atomic E-state index is 0.220. The molecule has 0 heterocycles. The van der Waals surface area contributed by atoms with Crippen LogP contribution in [-0.2, 0) is 4.74 Å². The Bertz CT molecular complexity index is 607.